The normalized spacial score (nSPS) is 16.0. The molecule has 6 unspecified atom stereocenters. The summed E-state index contributed by atoms with van der Waals surface area (Å²) >= 11 is 0. The average molecular weight is 1970 g/mol. The van der Waals surface area contributed by atoms with Crippen LogP contribution in [-0.2, 0) is 73.4 Å². The van der Waals surface area contributed by atoms with Crippen LogP contribution in [0.4, 0.5) is 0 Å². The summed E-state index contributed by atoms with van der Waals surface area (Å²) in [7, 11) is 3.20. The number of likely N-dealkylation sites (N-methyl/N-ethyl adjacent to an activating group) is 2. The number of nitrogens with zero attached hydrogens (tertiary/aromatic N) is 6. The maximum atomic E-state index is 17.5. The number of imide groups is 2. The highest BCUT2D eigenvalue weighted by Gasteiger charge is 2.48. The molecule has 17 aromatic rings. The van der Waals surface area contributed by atoms with Crippen molar-refractivity contribution in [2.24, 2.45) is 0 Å². The molecule has 0 radical (unpaired) electrons. The molecule has 732 valence electrons. The fraction of sp³-hybridized carbons (Fsp3) is 0.167. The number of esters is 4. The van der Waals surface area contributed by atoms with Crippen LogP contribution in [0.15, 0.2) is 328 Å². The van der Waals surface area contributed by atoms with Crippen molar-refractivity contribution >= 4 is 102 Å². The Hall–Kier alpha value is -18.0. The molecule has 0 bridgehead atoms. The number of ether oxygens (including phenoxy) is 12. The number of hydrogen-bond donors (Lipinski definition) is 0. The van der Waals surface area contributed by atoms with Crippen molar-refractivity contribution in [3.63, 3.8) is 0 Å². The van der Waals surface area contributed by atoms with E-state index in [1.807, 2.05) is 109 Å². The molecule has 23 rings (SSSR count). The number of carbonyl (C=O) groups excluding carboxylic acids is 10. The molecule has 28 nitrogen and oxygen atoms in total. The SMILES string of the molecule is CN(Cc1ccccc1)C(=O)C(Cc1ccncc1)N1C(=O)c2cc(Oc3cccc(-c4cccc(C(=O)OCC5CO5)c4)c3)c3c4c(Oc5cccc(-c6cccc(C(=O)OCC7CO7)c6)c5)cc5c6c(cc(Oc7cccc(-c8cccc(C(=O)OCC9CO9)c8)c7)c(c7c(Oc8cccc(-c9cccc(C(=O)OCC%10CO%10)c9)c8)cc(c2c37)C1=O)c64)C(=O)N(C(Cc1ccncc1)C(=O)N(C)Cc1ccccc1)C5=O. The first-order valence-electron chi connectivity index (χ1n) is 48.4. The van der Waals surface area contributed by atoms with Crippen LogP contribution in [-0.4, -0.2) is 192 Å². The van der Waals surface area contributed by atoms with E-state index in [1.54, 1.807) is 209 Å². The van der Waals surface area contributed by atoms with Crippen molar-refractivity contribution in [1.82, 2.24) is 29.6 Å². The molecule has 148 heavy (non-hydrogen) atoms. The second kappa shape index (κ2) is 40.0. The van der Waals surface area contributed by atoms with Gasteiger partial charge in [0, 0.05) is 108 Å². The molecule has 15 aromatic carbocycles. The fourth-order valence-electron chi connectivity index (χ4n) is 19.3. The second-order valence-corrected chi connectivity index (χ2v) is 37.2. The van der Waals surface area contributed by atoms with Crippen LogP contribution < -0.4 is 18.9 Å². The van der Waals surface area contributed by atoms with Crippen LogP contribution in [0.5, 0.6) is 46.0 Å². The van der Waals surface area contributed by atoms with Crippen molar-refractivity contribution in [2.45, 2.75) is 62.4 Å². The van der Waals surface area contributed by atoms with E-state index in [9.17, 15) is 19.2 Å². The predicted octanol–water partition coefficient (Wildman–Crippen LogP) is 20.3. The Labute approximate surface area is 846 Å². The van der Waals surface area contributed by atoms with Crippen LogP contribution in [0.2, 0.25) is 0 Å². The molecular weight excluding hydrogens is 1880 g/mol. The molecule has 8 heterocycles. The first kappa shape index (κ1) is 93.7. The van der Waals surface area contributed by atoms with Gasteiger partial charge in [-0.25, -0.2) is 19.2 Å². The smallest absolute Gasteiger partial charge is 0.338 e. The average Bonchev–Trinajstić information content (AvgIpc) is 1.39. The van der Waals surface area contributed by atoms with Gasteiger partial charge in [0.2, 0.25) is 11.8 Å². The zero-order valence-electron chi connectivity index (χ0n) is 79.8. The van der Waals surface area contributed by atoms with Crippen molar-refractivity contribution in [3.05, 3.63) is 395 Å². The molecule has 6 aliphatic rings. The summed E-state index contributed by atoms with van der Waals surface area (Å²) in [5, 5.41) is 0.413. The number of aromatic nitrogens is 2. The summed E-state index contributed by atoms with van der Waals surface area (Å²) < 4.78 is 75.1. The molecule has 2 aromatic heterocycles. The Morgan fingerprint density at radius 3 is 0.784 bits per heavy atom. The molecule has 0 spiro atoms. The summed E-state index contributed by atoms with van der Waals surface area (Å²) in [6.07, 6.45) is 4.90. The molecule has 6 atom stereocenters. The summed E-state index contributed by atoms with van der Waals surface area (Å²) in [6.45, 7) is 2.13. The lowest BCUT2D eigenvalue weighted by atomic mass is 9.80. The third-order valence-corrected chi connectivity index (χ3v) is 27.0. The van der Waals surface area contributed by atoms with Gasteiger partial charge in [-0.15, -0.1) is 0 Å². The topological polar surface area (TPSA) is 333 Å². The molecule has 0 saturated carbocycles. The largest absolute Gasteiger partial charge is 0.459 e. The summed E-state index contributed by atoms with van der Waals surface area (Å²) in [6, 6.07) is 83.6. The minimum atomic E-state index is -1.60. The van der Waals surface area contributed by atoms with Gasteiger partial charge in [-0.2, -0.15) is 0 Å². The number of fused-ring (bicyclic) bond motifs is 2. The lowest BCUT2D eigenvalue weighted by Gasteiger charge is -2.37. The van der Waals surface area contributed by atoms with E-state index in [0.29, 0.717) is 82.1 Å². The molecule has 28 heteroatoms. The van der Waals surface area contributed by atoms with Gasteiger partial charge >= 0.3 is 23.9 Å². The molecule has 6 aliphatic heterocycles. The Balaban J connectivity index is 0.821. The number of epoxide rings is 4. The highest BCUT2D eigenvalue weighted by Crippen LogP contribution is 2.59. The van der Waals surface area contributed by atoms with Gasteiger partial charge in [-0.3, -0.25) is 48.5 Å². The molecule has 4 saturated heterocycles. The summed E-state index contributed by atoms with van der Waals surface area (Å²) in [5.41, 5.74) is 7.22. The number of pyridine rings is 2. The van der Waals surface area contributed by atoms with Gasteiger partial charge in [-0.1, -0.05) is 158 Å². The van der Waals surface area contributed by atoms with Crippen LogP contribution in [0, 0.1) is 0 Å². The Morgan fingerprint density at radius 2 is 0.534 bits per heavy atom. The van der Waals surface area contributed by atoms with E-state index in [1.165, 1.54) is 34.1 Å². The second-order valence-electron chi connectivity index (χ2n) is 37.2. The van der Waals surface area contributed by atoms with Gasteiger partial charge in [0.15, 0.2) is 0 Å². The monoisotopic (exact) mass is 1970 g/mol. The standard InChI is InChI=1S/C120H90N6O22/c1-123(59-71-17-5-3-6-18-71)115(131)97(45-69-37-41-121-42-38-69)125-111(127)93-55-99(145-85-33-13-25-77(51-85)73-21-9-29-81(47-73)117(133)141-65-89-61-137-89)105-107-101(147-87-35-15-27-79(53-87)75-23-11-31-83(49-75)119(135)143-67-91-63-139-91)57-95-104-96(114(130)126(113(95)129)98(46-70-39-43-122-44-40-70)116(132)124(2)60-72-19-7-4-8-20-72)58-102(148-88-36-16-28-80(54-88)76-24-12-32-84(50-76)120(136)144-68-92-64-140-92)108(110(104)107)106-100(56-94(112(125)128)103(93)109(105)106)146-86-34-14-26-78(52-86)74-22-10-30-82(48-74)118(134)142-66-90-62-138-90/h3-44,47-58,89-92,97-98H,45-46,59-68H2,1-2H3. The summed E-state index contributed by atoms with van der Waals surface area (Å²) in [4.78, 5) is 171. The van der Waals surface area contributed by atoms with E-state index >= 15 is 28.8 Å². The van der Waals surface area contributed by atoms with E-state index in [-0.39, 0.29) is 210 Å². The van der Waals surface area contributed by atoms with Crippen molar-refractivity contribution in [3.8, 4) is 90.5 Å². The zero-order chi connectivity index (χ0) is 101. The third-order valence-electron chi connectivity index (χ3n) is 27.0. The quantitative estimate of drug-likeness (QED) is 0.00879. The number of rotatable bonds is 36. The van der Waals surface area contributed by atoms with E-state index < -0.39 is 71.4 Å². The lowest BCUT2D eigenvalue weighted by molar-refractivity contribution is -0.135. The van der Waals surface area contributed by atoms with Crippen LogP contribution in [0.1, 0.15) is 105 Å². The molecule has 4 fully saturated rings. The van der Waals surface area contributed by atoms with Gasteiger partial charge in [0.05, 0.1) is 70.9 Å². The molecule has 0 aliphatic carbocycles. The Morgan fingerprint density at radius 1 is 0.291 bits per heavy atom. The van der Waals surface area contributed by atoms with Crippen LogP contribution in [0.25, 0.3) is 87.6 Å². The van der Waals surface area contributed by atoms with E-state index in [2.05, 4.69) is 9.97 Å². The van der Waals surface area contributed by atoms with E-state index in [0.717, 1.165) is 20.9 Å². The number of carbonyl (C=O) groups is 10. The van der Waals surface area contributed by atoms with Crippen molar-refractivity contribution in [1.29, 1.82) is 0 Å². The maximum absolute atomic E-state index is 17.5. The van der Waals surface area contributed by atoms with E-state index in [4.69, 9.17) is 56.8 Å². The molecule has 0 N–H and O–H groups in total. The van der Waals surface area contributed by atoms with Crippen LogP contribution >= 0.6 is 0 Å². The Bertz CT molecular complexity index is 7380. The fourth-order valence-corrected chi connectivity index (χ4v) is 19.3. The lowest BCUT2D eigenvalue weighted by Crippen LogP contribution is -2.55. The van der Waals surface area contributed by atoms with Crippen molar-refractivity contribution < 1.29 is 105 Å². The number of amides is 6. The minimum Gasteiger partial charge on any atom is -0.459 e. The molecular formula is C120H90N6O22. The highest BCUT2D eigenvalue weighted by atomic mass is 16.6. The van der Waals surface area contributed by atoms with Gasteiger partial charge in [-0.05, 0) is 212 Å². The van der Waals surface area contributed by atoms with Gasteiger partial charge in [0.25, 0.3) is 23.6 Å². The minimum absolute atomic E-state index is 0.00147. The van der Waals surface area contributed by atoms with Gasteiger partial charge in [0.1, 0.15) is 109 Å². The van der Waals surface area contributed by atoms with Crippen molar-refractivity contribution in [2.75, 3.05) is 67.0 Å². The van der Waals surface area contributed by atoms with Crippen LogP contribution in [0.3, 0.4) is 0 Å². The summed E-state index contributed by atoms with van der Waals surface area (Å²) in [5.74, 6) is -7.36. The third kappa shape index (κ3) is 19.4. The van der Waals surface area contributed by atoms with Gasteiger partial charge < -0.3 is 66.6 Å². The molecule has 6 amide bonds. The number of benzene rings is 15. The first-order chi connectivity index (χ1) is 72.3. The highest BCUT2D eigenvalue weighted by molar-refractivity contribution is 6.45. The predicted molar refractivity (Wildman–Crippen MR) is 546 cm³/mol. The zero-order valence-corrected chi connectivity index (χ0v) is 79.8. The Kier molecular flexibility index (Phi) is 25.3. The number of hydrogen-bond acceptors (Lipinski definition) is 24. The maximum Gasteiger partial charge on any atom is 0.338 e. The first-order valence-corrected chi connectivity index (χ1v) is 48.4.